The van der Waals surface area contributed by atoms with E-state index >= 15 is 0 Å². The van der Waals surface area contributed by atoms with Gasteiger partial charge in [0, 0.05) is 13.2 Å². The number of aliphatic hydroxyl groups is 1. The Bertz CT molecular complexity index is 164. The molecular formula is C15H30O2. The van der Waals surface area contributed by atoms with Crippen LogP contribution < -0.4 is 0 Å². The first-order valence-corrected chi connectivity index (χ1v) is 7.58. The highest BCUT2D eigenvalue weighted by Gasteiger charge is 2.18. The van der Waals surface area contributed by atoms with Gasteiger partial charge in [-0.15, -0.1) is 0 Å². The molecule has 1 saturated heterocycles. The van der Waals surface area contributed by atoms with Crippen LogP contribution in [0, 0.1) is 5.92 Å². The first-order chi connectivity index (χ1) is 8.33. The Hall–Kier alpha value is -0.0800. The average molecular weight is 242 g/mol. The second-order valence-electron chi connectivity index (χ2n) is 5.53. The second-order valence-corrected chi connectivity index (χ2v) is 5.53. The highest BCUT2D eigenvalue weighted by molar-refractivity contribution is 4.69. The van der Waals surface area contributed by atoms with E-state index in [0.29, 0.717) is 5.92 Å². The molecule has 0 aliphatic carbocycles. The molecule has 17 heavy (non-hydrogen) atoms. The van der Waals surface area contributed by atoms with Gasteiger partial charge in [-0.05, 0) is 25.2 Å². The molecule has 2 heteroatoms. The van der Waals surface area contributed by atoms with Gasteiger partial charge in [-0.25, -0.2) is 0 Å². The van der Waals surface area contributed by atoms with Crippen molar-refractivity contribution in [1.29, 1.82) is 0 Å². The number of aliphatic hydroxyl groups excluding tert-OH is 1. The molecule has 1 rings (SSSR count). The lowest BCUT2D eigenvalue weighted by molar-refractivity contribution is 0.119. The van der Waals surface area contributed by atoms with Gasteiger partial charge in [0.05, 0.1) is 6.10 Å². The zero-order valence-corrected chi connectivity index (χ0v) is 11.5. The Kier molecular flexibility index (Phi) is 8.72. The summed E-state index contributed by atoms with van der Waals surface area (Å²) in [5.41, 5.74) is 0. The van der Waals surface area contributed by atoms with Crippen molar-refractivity contribution in [2.24, 2.45) is 5.92 Å². The summed E-state index contributed by atoms with van der Waals surface area (Å²) in [6, 6.07) is 0. The van der Waals surface area contributed by atoms with E-state index in [9.17, 15) is 5.11 Å². The van der Waals surface area contributed by atoms with Crippen LogP contribution in [-0.2, 0) is 4.74 Å². The van der Waals surface area contributed by atoms with Crippen molar-refractivity contribution < 1.29 is 9.84 Å². The zero-order chi connectivity index (χ0) is 12.3. The first kappa shape index (κ1) is 15.0. The maximum Gasteiger partial charge on any atom is 0.0543 e. The third kappa shape index (κ3) is 7.77. The minimum atomic E-state index is -0.0858. The summed E-state index contributed by atoms with van der Waals surface area (Å²) in [4.78, 5) is 0. The highest BCUT2D eigenvalue weighted by atomic mass is 16.5. The van der Waals surface area contributed by atoms with Gasteiger partial charge in [0.15, 0.2) is 0 Å². The molecule has 1 N–H and O–H groups in total. The summed E-state index contributed by atoms with van der Waals surface area (Å²) < 4.78 is 5.33. The lowest BCUT2D eigenvalue weighted by atomic mass is 9.97. The Balaban J connectivity index is 1.84. The zero-order valence-electron chi connectivity index (χ0n) is 11.5. The van der Waals surface area contributed by atoms with E-state index in [0.717, 1.165) is 32.5 Å². The average Bonchev–Trinajstić information content (AvgIpc) is 2.80. The monoisotopic (exact) mass is 242 g/mol. The molecule has 0 radical (unpaired) electrons. The summed E-state index contributed by atoms with van der Waals surface area (Å²) in [6.45, 7) is 4.02. The summed E-state index contributed by atoms with van der Waals surface area (Å²) >= 11 is 0. The van der Waals surface area contributed by atoms with Crippen LogP contribution in [0.3, 0.4) is 0 Å². The number of ether oxygens (including phenoxy) is 1. The van der Waals surface area contributed by atoms with E-state index in [4.69, 9.17) is 4.74 Å². The number of hydrogen-bond acceptors (Lipinski definition) is 2. The van der Waals surface area contributed by atoms with E-state index < -0.39 is 0 Å². The molecule has 1 heterocycles. The SMILES string of the molecule is CCCCCCCCCC(O)CC1CCOC1. The molecule has 102 valence electrons. The van der Waals surface area contributed by atoms with Crippen molar-refractivity contribution >= 4 is 0 Å². The molecule has 1 aliphatic rings. The van der Waals surface area contributed by atoms with Crippen LogP contribution in [0.2, 0.25) is 0 Å². The molecule has 0 bridgehead atoms. The van der Waals surface area contributed by atoms with Crippen LogP contribution >= 0.6 is 0 Å². The first-order valence-electron chi connectivity index (χ1n) is 7.58. The van der Waals surface area contributed by atoms with E-state index in [2.05, 4.69) is 6.92 Å². The third-order valence-corrected chi connectivity index (χ3v) is 3.77. The van der Waals surface area contributed by atoms with Gasteiger partial charge in [0.25, 0.3) is 0 Å². The summed E-state index contributed by atoms with van der Waals surface area (Å²) in [7, 11) is 0. The Morgan fingerprint density at radius 1 is 1.12 bits per heavy atom. The lowest BCUT2D eigenvalue weighted by Gasteiger charge is -2.14. The molecule has 0 spiro atoms. The fraction of sp³-hybridized carbons (Fsp3) is 1.00. The predicted molar refractivity (Wildman–Crippen MR) is 72.2 cm³/mol. The van der Waals surface area contributed by atoms with Crippen molar-refractivity contribution in [2.75, 3.05) is 13.2 Å². The van der Waals surface area contributed by atoms with Crippen LogP contribution in [-0.4, -0.2) is 24.4 Å². The second kappa shape index (κ2) is 9.90. The van der Waals surface area contributed by atoms with Crippen molar-refractivity contribution in [3.05, 3.63) is 0 Å². The van der Waals surface area contributed by atoms with Gasteiger partial charge in [-0.2, -0.15) is 0 Å². The lowest BCUT2D eigenvalue weighted by Crippen LogP contribution is -2.13. The number of rotatable bonds is 10. The summed E-state index contributed by atoms with van der Waals surface area (Å²) in [5.74, 6) is 0.620. The third-order valence-electron chi connectivity index (χ3n) is 3.77. The minimum Gasteiger partial charge on any atom is -0.393 e. The molecular weight excluding hydrogens is 212 g/mol. The molecule has 1 aliphatic heterocycles. The molecule has 2 unspecified atom stereocenters. The molecule has 0 aromatic rings. The molecule has 0 amide bonds. The van der Waals surface area contributed by atoms with Crippen molar-refractivity contribution in [1.82, 2.24) is 0 Å². The highest BCUT2D eigenvalue weighted by Crippen LogP contribution is 2.20. The van der Waals surface area contributed by atoms with Gasteiger partial charge in [0.2, 0.25) is 0 Å². The van der Waals surface area contributed by atoms with Crippen LogP contribution in [0.15, 0.2) is 0 Å². The van der Waals surface area contributed by atoms with E-state index in [-0.39, 0.29) is 6.10 Å². The predicted octanol–water partition coefficient (Wildman–Crippen LogP) is 3.91. The van der Waals surface area contributed by atoms with Gasteiger partial charge in [-0.1, -0.05) is 51.9 Å². The van der Waals surface area contributed by atoms with Crippen LogP contribution in [0.1, 0.15) is 71.1 Å². The number of unbranched alkanes of at least 4 members (excludes halogenated alkanes) is 6. The Labute approximate surface area is 107 Å². The minimum absolute atomic E-state index is 0.0858. The topological polar surface area (TPSA) is 29.5 Å². The van der Waals surface area contributed by atoms with Gasteiger partial charge in [-0.3, -0.25) is 0 Å². The van der Waals surface area contributed by atoms with Gasteiger partial charge in [0.1, 0.15) is 0 Å². The smallest absolute Gasteiger partial charge is 0.0543 e. The quantitative estimate of drug-likeness (QED) is 0.588. The van der Waals surface area contributed by atoms with Crippen LogP contribution in [0.25, 0.3) is 0 Å². The molecule has 0 aromatic carbocycles. The Morgan fingerprint density at radius 2 is 1.82 bits per heavy atom. The van der Waals surface area contributed by atoms with Gasteiger partial charge >= 0.3 is 0 Å². The summed E-state index contributed by atoms with van der Waals surface area (Å²) in [6.07, 6.45) is 12.3. The maximum absolute atomic E-state index is 9.89. The van der Waals surface area contributed by atoms with E-state index in [1.54, 1.807) is 0 Å². The fourth-order valence-electron chi connectivity index (χ4n) is 2.61. The normalized spacial score (nSPS) is 21.9. The molecule has 0 saturated carbocycles. The summed E-state index contributed by atoms with van der Waals surface area (Å²) in [5, 5.41) is 9.89. The van der Waals surface area contributed by atoms with Crippen molar-refractivity contribution in [3.63, 3.8) is 0 Å². The molecule has 2 nitrogen and oxygen atoms in total. The number of hydrogen-bond donors (Lipinski definition) is 1. The maximum atomic E-state index is 9.89. The molecule has 1 fully saturated rings. The largest absolute Gasteiger partial charge is 0.393 e. The standard InChI is InChI=1S/C15H30O2/c1-2-3-4-5-6-7-8-9-15(16)12-14-10-11-17-13-14/h14-16H,2-13H2,1H3. The van der Waals surface area contributed by atoms with Crippen LogP contribution in [0.4, 0.5) is 0 Å². The Morgan fingerprint density at radius 3 is 2.47 bits per heavy atom. The molecule has 0 aromatic heterocycles. The van der Waals surface area contributed by atoms with Crippen LogP contribution in [0.5, 0.6) is 0 Å². The molecule has 2 atom stereocenters. The fourth-order valence-corrected chi connectivity index (χ4v) is 2.61. The van der Waals surface area contributed by atoms with E-state index in [1.165, 1.54) is 44.9 Å². The van der Waals surface area contributed by atoms with E-state index in [1.807, 2.05) is 0 Å². The van der Waals surface area contributed by atoms with Crippen molar-refractivity contribution in [3.8, 4) is 0 Å². The van der Waals surface area contributed by atoms with Crippen molar-refractivity contribution in [2.45, 2.75) is 77.2 Å². The van der Waals surface area contributed by atoms with Gasteiger partial charge < -0.3 is 9.84 Å².